The molecule has 1 atom stereocenters. The van der Waals surface area contributed by atoms with E-state index in [1.807, 2.05) is 23.1 Å². The van der Waals surface area contributed by atoms with Gasteiger partial charge in [0, 0.05) is 6.54 Å². The minimum Gasteiger partial charge on any atom is -0.495 e. The van der Waals surface area contributed by atoms with Crippen LogP contribution in [0.1, 0.15) is 77.7 Å². The number of hydrogen-bond donors (Lipinski definition) is 1. The maximum atomic E-state index is 13.9. The number of likely N-dealkylation sites (tertiary alicyclic amines) is 1. The fourth-order valence-corrected chi connectivity index (χ4v) is 7.45. The van der Waals surface area contributed by atoms with Gasteiger partial charge >= 0.3 is 0 Å². The number of nitrogens with zero attached hydrogens (tertiary/aromatic N) is 1. The number of carbonyl (C=O) groups excluding carboxylic acids is 2. The number of amides is 2. The number of anilines is 1. The summed E-state index contributed by atoms with van der Waals surface area (Å²) in [6.07, 6.45) is 8.74. The molecule has 1 unspecified atom stereocenters. The maximum absolute atomic E-state index is 13.9. The Morgan fingerprint density at radius 3 is 2.25 bits per heavy atom. The van der Waals surface area contributed by atoms with Crippen LogP contribution in [0.4, 0.5) is 5.69 Å². The number of ether oxygens (including phenoxy) is 1. The van der Waals surface area contributed by atoms with Gasteiger partial charge in [-0.15, -0.1) is 0 Å². The van der Waals surface area contributed by atoms with Gasteiger partial charge < -0.3 is 15.0 Å². The van der Waals surface area contributed by atoms with Crippen molar-refractivity contribution in [3.63, 3.8) is 0 Å². The summed E-state index contributed by atoms with van der Waals surface area (Å²) in [6.45, 7) is 7.17. The lowest BCUT2D eigenvalue weighted by atomic mass is 9.49. The molecular formula is C27H38N2O3. The van der Waals surface area contributed by atoms with Crippen LogP contribution in [0.5, 0.6) is 5.75 Å². The predicted octanol–water partition coefficient (Wildman–Crippen LogP) is 5.14. The van der Waals surface area contributed by atoms with Gasteiger partial charge in [0.15, 0.2) is 0 Å². The maximum Gasteiger partial charge on any atom is 0.247 e. The fourth-order valence-electron chi connectivity index (χ4n) is 7.45. The van der Waals surface area contributed by atoms with Crippen molar-refractivity contribution in [3.8, 4) is 5.75 Å². The van der Waals surface area contributed by atoms with Crippen molar-refractivity contribution in [2.45, 2.75) is 83.6 Å². The molecule has 0 spiro atoms. The highest BCUT2D eigenvalue weighted by atomic mass is 16.5. The molecule has 4 aliphatic carbocycles. The Morgan fingerprint density at radius 2 is 1.69 bits per heavy atom. The van der Waals surface area contributed by atoms with Gasteiger partial charge in [0.1, 0.15) is 11.8 Å². The number of benzene rings is 1. The lowest BCUT2D eigenvalue weighted by molar-refractivity contribution is -0.160. The third-order valence-electron chi connectivity index (χ3n) is 8.63. The average molecular weight is 439 g/mol. The van der Waals surface area contributed by atoms with E-state index in [0.29, 0.717) is 18.0 Å². The predicted molar refractivity (Wildman–Crippen MR) is 126 cm³/mol. The molecular weight excluding hydrogens is 400 g/mol. The first-order valence-electron chi connectivity index (χ1n) is 12.5. The van der Waals surface area contributed by atoms with Crippen molar-refractivity contribution in [1.82, 2.24) is 4.90 Å². The standard InChI is InChI=1S/C27H38N2O3/c1-26(2,3)20-7-8-23(32-4)21(13-20)28-24(30)22-6-5-9-29(22)25(31)27-14-17-10-18(15-27)12-19(11-17)16-27/h7-8,13,17-19,22H,5-6,9-12,14-16H2,1-4H3,(H,28,30). The Hall–Kier alpha value is -2.04. The molecule has 1 N–H and O–H groups in total. The highest BCUT2D eigenvalue weighted by Crippen LogP contribution is 2.60. The van der Waals surface area contributed by atoms with Crippen LogP contribution in [0.15, 0.2) is 18.2 Å². The first-order chi connectivity index (χ1) is 15.2. The number of hydrogen-bond acceptors (Lipinski definition) is 3. The molecule has 5 fully saturated rings. The summed E-state index contributed by atoms with van der Waals surface area (Å²) in [6, 6.07) is 5.60. The van der Waals surface area contributed by atoms with Crippen molar-refractivity contribution < 1.29 is 14.3 Å². The van der Waals surface area contributed by atoms with Crippen molar-refractivity contribution in [3.05, 3.63) is 23.8 Å². The molecule has 0 radical (unpaired) electrons. The molecule has 1 aliphatic heterocycles. The van der Waals surface area contributed by atoms with Gasteiger partial charge in [0.2, 0.25) is 11.8 Å². The molecule has 1 heterocycles. The molecule has 4 bridgehead atoms. The van der Waals surface area contributed by atoms with Crippen LogP contribution in [0.25, 0.3) is 0 Å². The molecule has 1 aromatic carbocycles. The van der Waals surface area contributed by atoms with E-state index in [1.54, 1.807) is 7.11 Å². The van der Waals surface area contributed by atoms with E-state index in [-0.39, 0.29) is 28.7 Å². The normalized spacial score (nSPS) is 33.4. The van der Waals surface area contributed by atoms with Crippen molar-refractivity contribution in [1.29, 1.82) is 0 Å². The van der Waals surface area contributed by atoms with E-state index < -0.39 is 0 Å². The number of rotatable bonds is 4. The van der Waals surface area contributed by atoms with E-state index in [4.69, 9.17) is 4.74 Å². The molecule has 32 heavy (non-hydrogen) atoms. The van der Waals surface area contributed by atoms with Gasteiger partial charge in [-0.25, -0.2) is 0 Å². The van der Waals surface area contributed by atoms with Crippen LogP contribution >= 0.6 is 0 Å². The largest absolute Gasteiger partial charge is 0.495 e. The molecule has 1 aromatic rings. The third kappa shape index (κ3) is 3.72. The summed E-state index contributed by atoms with van der Waals surface area (Å²) in [5.41, 5.74) is 1.61. The highest BCUT2D eigenvalue weighted by molar-refractivity contribution is 5.99. The van der Waals surface area contributed by atoms with E-state index in [9.17, 15) is 9.59 Å². The van der Waals surface area contributed by atoms with Crippen LogP contribution in [0.2, 0.25) is 0 Å². The molecule has 4 saturated carbocycles. The summed E-state index contributed by atoms with van der Waals surface area (Å²) >= 11 is 0. The van der Waals surface area contributed by atoms with Crippen molar-refractivity contribution in [2.75, 3.05) is 19.0 Å². The second-order valence-electron chi connectivity index (χ2n) is 12.0. The topological polar surface area (TPSA) is 58.6 Å². The third-order valence-corrected chi connectivity index (χ3v) is 8.63. The van der Waals surface area contributed by atoms with Gasteiger partial charge in [-0.3, -0.25) is 9.59 Å². The Kier molecular flexibility index (Phi) is 5.29. The van der Waals surface area contributed by atoms with Crippen LogP contribution in [0, 0.1) is 23.2 Å². The summed E-state index contributed by atoms with van der Waals surface area (Å²) in [5, 5.41) is 3.12. The van der Waals surface area contributed by atoms with Crippen LogP contribution in [0.3, 0.4) is 0 Å². The second kappa shape index (κ2) is 7.78. The number of nitrogens with one attached hydrogen (secondary N) is 1. The zero-order chi connectivity index (χ0) is 22.7. The second-order valence-corrected chi connectivity index (χ2v) is 12.0. The lowest BCUT2D eigenvalue weighted by Gasteiger charge is -2.56. The van der Waals surface area contributed by atoms with Gasteiger partial charge in [0.05, 0.1) is 18.2 Å². The molecule has 5 aliphatic rings. The fraction of sp³-hybridized carbons (Fsp3) is 0.704. The van der Waals surface area contributed by atoms with E-state index in [2.05, 4.69) is 26.1 Å². The zero-order valence-electron chi connectivity index (χ0n) is 20.1. The Balaban J connectivity index is 1.35. The molecule has 1 saturated heterocycles. The Bertz CT molecular complexity index is 881. The van der Waals surface area contributed by atoms with Gasteiger partial charge in [0.25, 0.3) is 0 Å². The minimum atomic E-state index is -0.376. The summed E-state index contributed by atoms with van der Waals surface area (Å²) in [7, 11) is 1.63. The molecule has 6 rings (SSSR count). The average Bonchev–Trinajstić information content (AvgIpc) is 3.21. The van der Waals surface area contributed by atoms with Crippen LogP contribution in [-0.4, -0.2) is 36.4 Å². The lowest BCUT2D eigenvalue weighted by Crippen LogP contribution is -2.56. The van der Waals surface area contributed by atoms with Gasteiger partial charge in [-0.2, -0.15) is 0 Å². The molecule has 174 valence electrons. The van der Waals surface area contributed by atoms with E-state index in [1.165, 1.54) is 19.3 Å². The summed E-state index contributed by atoms with van der Waals surface area (Å²) in [4.78, 5) is 29.3. The van der Waals surface area contributed by atoms with E-state index in [0.717, 1.165) is 55.4 Å². The molecule has 5 heteroatoms. The molecule has 0 aromatic heterocycles. The van der Waals surface area contributed by atoms with Gasteiger partial charge in [-0.1, -0.05) is 26.8 Å². The van der Waals surface area contributed by atoms with Gasteiger partial charge in [-0.05, 0) is 92.2 Å². The Labute approximate surface area is 192 Å². The minimum absolute atomic E-state index is 0.0282. The van der Waals surface area contributed by atoms with Crippen molar-refractivity contribution in [2.24, 2.45) is 23.2 Å². The Morgan fingerprint density at radius 1 is 1.06 bits per heavy atom. The van der Waals surface area contributed by atoms with Crippen LogP contribution < -0.4 is 10.1 Å². The van der Waals surface area contributed by atoms with Crippen molar-refractivity contribution >= 4 is 17.5 Å². The zero-order valence-corrected chi connectivity index (χ0v) is 20.1. The smallest absolute Gasteiger partial charge is 0.247 e. The van der Waals surface area contributed by atoms with E-state index >= 15 is 0 Å². The SMILES string of the molecule is COc1ccc(C(C)(C)C)cc1NC(=O)C1CCCN1C(=O)C12CC3CC(CC(C3)C1)C2. The summed E-state index contributed by atoms with van der Waals surface area (Å²) < 4.78 is 5.52. The van der Waals surface area contributed by atoms with Crippen LogP contribution in [-0.2, 0) is 15.0 Å². The highest BCUT2D eigenvalue weighted by Gasteiger charge is 2.56. The summed E-state index contributed by atoms with van der Waals surface area (Å²) in [5.74, 6) is 3.02. The molecule has 5 nitrogen and oxygen atoms in total. The first-order valence-corrected chi connectivity index (χ1v) is 12.5. The monoisotopic (exact) mass is 438 g/mol. The number of methoxy groups -OCH3 is 1. The molecule has 2 amide bonds. The number of carbonyl (C=O) groups is 2. The quantitative estimate of drug-likeness (QED) is 0.708. The first kappa shape index (κ1) is 21.8.